The number of benzene rings is 2. The van der Waals surface area contributed by atoms with E-state index in [-0.39, 0.29) is 0 Å². The van der Waals surface area contributed by atoms with Crippen LogP contribution in [0.1, 0.15) is 13.3 Å². The van der Waals surface area contributed by atoms with Gasteiger partial charge in [0.1, 0.15) is 5.75 Å². The summed E-state index contributed by atoms with van der Waals surface area (Å²) in [4.78, 5) is 0. The minimum atomic E-state index is 0.636. The third-order valence-electron chi connectivity index (χ3n) is 3.88. The Morgan fingerprint density at radius 1 is 1.07 bits per heavy atom. The first kappa shape index (κ1) is 19.7. The summed E-state index contributed by atoms with van der Waals surface area (Å²) in [5.74, 6) is 2.45. The van der Waals surface area contributed by atoms with Gasteiger partial charge in [0.05, 0.1) is 11.6 Å². The molecule has 0 spiro atoms. The van der Waals surface area contributed by atoms with Crippen LogP contribution in [0.5, 0.6) is 5.75 Å². The molecule has 0 unspecified atom stereocenters. The highest BCUT2D eigenvalue weighted by Crippen LogP contribution is 2.32. The van der Waals surface area contributed by atoms with Gasteiger partial charge in [-0.05, 0) is 49.7 Å². The van der Waals surface area contributed by atoms with Crippen molar-refractivity contribution in [1.29, 1.82) is 0 Å². The summed E-state index contributed by atoms with van der Waals surface area (Å²) in [6, 6.07) is 15.6. The lowest BCUT2D eigenvalue weighted by molar-refractivity contribution is 0.200. The van der Waals surface area contributed by atoms with E-state index in [0.29, 0.717) is 11.6 Å². The molecule has 0 saturated heterocycles. The summed E-state index contributed by atoms with van der Waals surface area (Å²) in [5, 5.41) is 10.3. The van der Waals surface area contributed by atoms with Gasteiger partial charge in [-0.3, -0.25) is 4.57 Å². The largest absolute Gasteiger partial charge is 0.494 e. The molecule has 0 amide bonds. The zero-order valence-corrected chi connectivity index (χ0v) is 17.0. The van der Waals surface area contributed by atoms with Crippen LogP contribution in [0.4, 0.5) is 0 Å². The Hall–Kier alpha value is -2.02. The van der Waals surface area contributed by atoms with Crippen molar-refractivity contribution in [2.45, 2.75) is 18.5 Å². The van der Waals surface area contributed by atoms with Crippen molar-refractivity contribution in [2.24, 2.45) is 0 Å². The summed E-state index contributed by atoms with van der Waals surface area (Å²) < 4.78 is 12.7. The Morgan fingerprint density at radius 2 is 1.85 bits per heavy atom. The standard InChI is InChI=1S/C20H22ClN3O2S/c1-3-26-16-11-9-15(10-12-16)24-19(17-7-4-5-8-18(17)21)22-23-20(24)27-14-6-13-25-2/h4-5,7-12H,3,6,13-14H2,1-2H3. The highest BCUT2D eigenvalue weighted by Gasteiger charge is 2.18. The normalized spacial score (nSPS) is 10.9. The fourth-order valence-corrected chi connectivity index (χ4v) is 3.72. The monoisotopic (exact) mass is 403 g/mol. The average Bonchev–Trinajstić information content (AvgIpc) is 3.10. The van der Waals surface area contributed by atoms with E-state index < -0.39 is 0 Å². The Bertz CT molecular complexity index is 868. The number of methoxy groups -OCH3 is 1. The van der Waals surface area contributed by atoms with Crippen molar-refractivity contribution in [3.05, 3.63) is 53.6 Å². The third-order valence-corrected chi connectivity index (χ3v) is 5.22. The van der Waals surface area contributed by atoms with Gasteiger partial charge in [0.15, 0.2) is 11.0 Å². The molecule has 1 heterocycles. The SMILES string of the molecule is CCOc1ccc(-n2c(SCCCOC)nnc2-c2ccccc2Cl)cc1. The number of aromatic nitrogens is 3. The van der Waals surface area contributed by atoms with E-state index in [1.165, 1.54) is 0 Å². The molecule has 142 valence electrons. The highest BCUT2D eigenvalue weighted by molar-refractivity contribution is 7.99. The molecule has 7 heteroatoms. The van der Waals surface area contributed by atoms with Gasteiger partial charge in [-0.25, -0.2) is 0 Å². The van der Waals surface area contributed by atoms with Gasteiger partial charge in [0.25, 0.3) is 0 Å². The van der Waals surface area contributed by atoms with Crippen molar-refractivity contribution in [1.82, 2.24) is 14.8 Å². The Morgan fingerprint density at radius 3 is 2.56 bits per heavy atom. The minimum absolute atomic E-state index is 0.636. The first-order chi connectivity index (χ1) is 13.2. The smallest absolute Gasteiger partial charge is 0.196 e. The fourth-order valence-electron chi connectivity index (χ4n) is 2.64. The van der Waals surface area contributed by atoms with Crippen LogP contribution in [-0.4, -0.2) is 40.8 Å². The molecule has 27 heavy (non-hydrogen) atoms. The summed E-state index contributed by atoms with van der Waals surface area (Å²) in [6.07, 6.45) is 0.943. The lowest BCUT2D eigenvalue weighted by atomic mass is 10.2. The molecule has 5 nitrogen and oxygen atoms in total. The molecule has 0 aliphatic rings. The van der Waals surface area contributed by atoms with Crippen molar-refractivity contribution in [3.8, 4) is 22.8 Å². The molecule has 0 aliphatic heterocycles. The fraction of sp³-hybridized carbons (Fsp3) is 0.300. The number of hydrogen-bond acceptors (Lipinski definition) is 5. The zero-order chi connectivity index (χ0) is 19.1. The molecule has 0 radical (unpaired) electrons. The summed E-state index contributed by atoms with van der Waals surface area (Å²) in [7, 11) is 1.71. The zero-order valence-electron chi connectivity index (χ0n) is 15.4. The molecular weight excluding hydrogens is 382 g/mol. The van der Waals surface area contributed by atoms with Crippen molar-refractivity contribution >= 4 is 23.4 Å². The van der Waals surface area contributed by atoms with Gasteiger partial charge < -0.3 is 9.47 Å². The molecule has 3 aromatic rings. The maximum atomic E-state index is 6.42. The van der Waals surface area contributed by atoms with E-state index >= 15 is 0 Å². The van der Waals surface area contributed by atoms with Crippen molar-refractivity contribution < 1.29 is 9.47 Å². The van der Waals surface area contributed by atoms with E-state index in [0.717, 1.165) is 46.8 Å². The van der Waals surface area contributed by atoms with Gasteiger partial charge in [-0.1, -0.05) is 35.5 Å². The summed E-state index contributed by atoms with van der Waals surface area (Å²) >= 11 is 8.07. The second kappa shape index (κ2) is 9.78. The first-order valence-electron chi connectivity index (χ1n) is 8.80. The number of thioether (sulfide) groups is 1. The van der Waals surface area contributed by atoms with Gasteiger partial charge >= 0.3 is 0 Å². The molecule has 0 aliphatic carbocycles. The Labute approximate surface area is 168 Å². The quantitative estimate of drug-likeness (QED) is 0.367. The van der Waals surface area contributed by atoms with Crippen LogP contribution < -0.4 is 4.74 Å². The van der Waals surface area contributed by atoms with E-state index in [9.17, 15) is 0 Å². The Balaban J connectivity index is 1.99. The number of ether oxygens (including phenoxy) is 2. The van der Waals surface area contributed by atoms with Crippen LogP contribution in [0.15, 0.2) is 53.7 Å². The van der Waals surface area contributed by atoms with Crippen LogP contribution in [0, 0.1) is 0 Å². The van der Waals surface area contributed by atoms with Crippen LogP contribution in [0.25, 0.3) is 17.1 Å². The third kappa shape index (κ3) is 4.83. The predicted octanol–water partition coefficient (Wildman–Crippen LogP) is 5.12. The number of rotatable bonds is 9. The van der Waals surface area contributed by atoms with E-state index in [1.807, 2.05) is 60.0 Å². The van der Waals surface area contributed by atoms with Crippen LogP contribution in [0.2, 0.25) is 5.02 Å². The van der Waals surface area contributed by atoms with E-state index in [1.54, 1.807) is 18.9 Å². The van der Waals surface area contributed by atoms with E-state index in [4.69, 9.17) is 21.1 Å². The van der Waals surface area contributed by atoms with Crippen molar-refractivity contribution in [2.75, 3.05) is 26.1 Å². The lowest BCUT2D eigenvalue weighted by Gasteiger charge is -2.12. The summed E-state index contributed by atoms with van der Waals surface area (Å²) in [6.45, 7) is 3.33. The maximum absolute atomic E-state index is 6.42. The average molecular weight is 404 g/mol. The van der Waals surface area contributed by atoms with Gasteiger partial charge in [-0.2, -0.15) is 0 Å². The van der Waals surface area contributed by atoms with Crippen LogP contribution >= 0.6 is 23.4 Å². The molecule has 2 aromatic carbocycles. The molecular formula is C20H22ClN3O2S. The Kier molecular flexibility index (Phi) is 7.15. The molecule has 0 bridgehead atoms. The summed E-state index contributed by atoms with van der Waals surface area (Å²) in [5.41, 5.74) is 1.82. The predicted molar refractivity (Wildman–Crippen MR) is 110 cm³/mol. The number of halogens is 1. The maximum Gasteiger partial charge on any atom is 0.196 e. The molecule has 1 aromatic heterocycles. The van der Waals surface area contributed by atoms with Crippen LogP contribution in [0.3, 0.4) is 0 Å². The van der Waals surface area contributed by atoms with Gasteiger partial charge in [-0.15, -0.1) is 10.2 Å². The first-order valence-corrected chi connectivity index (χ1v) is 10.2. The molecule has 0 atom stereocenters. The van der Waals surface area contributed by atoms with E-state index in [2.05, 4.69) is 10.2 Å². The molecule has 0 N–H and O–H groups in total. The molecule has 0 saturated carbocycles. The second-order valence-corrected chi connectivity index (χ2v) is 7.21. The van der Waals surface area contributed by atoms with Gasteiger partial charge in [0.2, 0.25) is 0 Å². The lowest BCUT2D eigenvalue weighted by Crippen LogP contribution is -2.01. The number of nitrogens with zero attached hydrogens (tertiary/aromatic N) is 3. The molecule has 0 fully saturated rings. The van der Waals surface area contributed by atoms with Crippen molar-refractivity contribution in [3.63, 3.8) is 0 Å². The van der Waals surface area contributed by atoms with Gasteiger partial charge in [0, 0.05) is 30.7 Å². The number of hydrogen-bond donors (Lipinski definition) is 0. The highest BCUT2D eigenvalue weighted by atomic mass is 35.5. The van der Waals surface area contributed by atoms with Crippen LogP contribution in [-0.2, 0) is 4.74 Å². The minimum Gasteiger partial charge on any atom is -0.494 e. The molecule has 3 rings (SSSR count). The second-order valence-electron chi connectivity index (χ2n) is 5.74. The topological polar surface area (TPSA) is 49.2 Å².